The highest BCUT2D eigenvalue weighted by Crippen LogP contribution is 2.30. The molecule has 1 aliphatic heterocycles. The third-order valence-electron chi connectivity index (χ3n) is 4.70. The number of hydrogen-bond donors (Lipinski definition) is 1. The number of anilines is 2. The Balaban J connectivity index is 1.53. The molecule has 0 bridgehead atoms. The molecule has 0 unspecified atom stereocenters. The Kier molecular flexibility index (Phi) is 5.10. The Bertz CT molecular complexity index is 1060. The van der Waals surface area contributed by atoms with Gasteiger partial charge in [-0.05, 0) is 43.3 Å². The minimum absolute atomic E-state index is 0.0173. The summed E-state index contributed by atoms with van der Waals surface area (Å²) in [7, 11) is 0. The van der Waals surface area contributed by atoms with Gasteiger partial charge in [0.05, 0.1) is 43.0 Å². The van der Waals surface area contributed by atoms with E-state index < -0.39 is 0 Å². The van der Waals surface area contributed by atoms with Crippen LogP contribution in [0.3, 0.4) is 0 Å². The van der Waals surface area contributed by atoms with E-state index in [1.807, 2.05) is 37.3 Å². The van der Waals surface area contributed by atoms with Gasteiger partial charge in [0.2, 0.25) is 5.95 Å². The Hall–Kier alpha value is -3.50. The minimum Gasteiger partial charge on any atom is -0.491 e. The van der Waals surface area contributed by atoms with E-state index >= 15 is 0 Å². The van der Waals surface area contributed by atoms with Crippen LogP contribution in [0.4, 0.5) is 11.6 Å². The number of nitrogens with zero attached hydrogens (tertiary/aromatic N) is 4. The fraction of sp³-hybridized carbons (Fsp3) is 0.273. The molecule has 1 N–H and O–H groups in total. The van der Waals surface area contributed by atoms with E-state index in [-0.39, 0.29) is 5.41 Å². The lowest BCUT2D eigenvalue weighted by molar-refractivity contribution is -0.120. The van der Waals surface area contributed by atoms with E-state index in [4.69, 9.17) is 9.47 Å². The molecule has 29 heavy (non-hydrogen) atoms. The SMILES string of the molecule is Cc1ccc(Nc2nccc(-c3ccc(OCC4(C)COC4)c(C#N)c3)n2)cn1. The predicted molar refractivity (Wildman–Crippen MR) is 109 cm³/mol. The molecule has 0 radical (unpaired) electrons. The second-order valence-electron chi connectivity index (χ2n) is 7.49. The van der Waals surface area contributed by atoms with Crippen LogP contribution in [0.15, 0.2) is 48.8 Å². The maximum absolute atomic E-state index is 9.56. The van der Waals surface area contributed by atoms with Crippen molar-refractivity contribution in [1.82, 2.24) is 15.0 Å². The van der Waals surface area contributed by atoms with Gasteiger partial charge in [0.15, 0.2) is 0 Å². The molecule has 1 fully saturated rings. The van der Waals surface area contributed by atoms with E-state index in [1.54, 1.807) is 18.5 Å². The van der Waals surface area contributed by atoms with Gasteiger partial charge in [0.25, 0.3) is 0 Å². The van der Waals surface area contributed by atoms with E-state index in [0.29, 0.717) is 42.8 Å². The van der Waals surface area contributed by atoms with Crippen molar-refractivity contribution in [2.24, 2.45) is 5.41 Å². The lowest BCUT2D eigenvalue weighted by Crippen LogP contribution is -2.44. The molecule has 146 valence electrons. The maximum atomic E-state index is 9.56. The van der Waals surface area contributed by atoms with Crippen LogP contribution in [0.25, 0.3) is 11.3 Å². The lowest BCUT2D eigenvalue weighted by Gasteiger charge is -2.37. The van der Waals surface area contributed by atoms with Gasteiger partial charge < -0.3 is 14.8 Å². The first kappa shape index (κ1) is 18.8. The van der Waals surface area contributed by atoms with E-state index in [0.717, 1.165) is 16.9 Å². The number of nitrogens with one attached hydrogen (secondary N) is 1. The first-order chi connectivity index (χ1) is 14.0. The number of rotatable bonds is 6. The van der Waals surface area contributed by atoms with Crippen LogP contribution in [0.5, 0.6) is 5.75 Å². The summed E-state index contributed by atoms with van der Waals surface area (Å²) < 4.78 is 11.1. The van der Waals surface area contributed by atoms with E-state index in [9.17, 15) is 5.26 Å². The molecule has 4 rings (SSSR count). The Morgan fingerprint density at radius 1 is 1.21 bits per heavy atom. The van der Waals surface area contributed by atoms with Crippen LogP contribution in [0.1, 0.15) is 18.2 Å². The molecule has 3 aromatic rings. The zero-order valence-corrected chi connectivity index (χ0v) is 16.3. The number of hydrogen-bond acceptors (Lipinski definition) is 7. The molecule has 0 aliphatic carbocycles. The third kappa shape index (κ3) is 4.33. The van der Waals surface area contributed by atoms with Crippen molar-refractivity contribution < 1.29 is 9.47 Å². The van der Waals surface area contributed by atoms with Gasteiger partial charge in [0.1, 0.15) is 11.8 Å². The fourth-order valence-electron chi connectivity index (χ4n) is 2.94. The minimum atomic E-state index is 0.0173. The second-order valence-corrected chi connectivity index (χ2v) is 7.49. The summed E-state index contributed by atoms with van der Waals surface area (Å²) in [5, 5.41) is 12.7. The molecule has 0 atom stereocenters. The summed E-state index contributed by atoms with van der Waals surface area (Å²) in [6, 6.07) is 13.4. The third-order valence-corrected chi connectivity index (χ3v) is 4.70. The van der Waals surface area contributed by atoms with Crippen LogP contribution in [0, 0.1) is 23.7 Å². The van der Waals surface area contributed by atoms with Crippen molar-refractivity contribution in [2.45, 2.75) is 13.8 Å². The molecule has 0 saturated carbocycles. The van der Waals surface area contributed by atoms with Crippen LogP contribution >= 0.6 is 0 Å². The van der Waals surface area contributed by atoms with Gasteiger partial charge in [0, 0.05) is 22.9 Å². The van der Waals surface area contributed by atoms with Crippen molar-refractivity contribution in [3.63, 3.8) is 0 Å². The Morgan fingerprint density at radius 3 is 2.76 bits per heavy atom. The first-order valence-electron chi connectivity index (χ1n) is 9.32. The largest absolute Gasteiger partial charge is 0.491 e. The average Bonchev–Trinajstić information content (AvgIpc) is 2.72. The molecule has 1 aliphatic rings. The highest BCUT2D eigenvalue weighted by Gasteiger charge is 2.34. The number of ether oxygens (including phenoxy) is 2. The number of benzene rings is 1. The number of pyridine rings is 1. The van der Waals surface area contributed by atoms with Gasteiger partial charge in [-0.1, -0.05) is 6.92 Å². The first-order valence-corrected chi connectivity index (χ1v) is 9.32. The quantitative estimate of drug-likeness (QED) is 0.686. The van der Waals surface area contributed by atoms with Gasteiger partial charge in [-0.25, -0.2) is 9.97 Å². The molecule has 2 aromatic heterocycles. The van der Waals surface area contributed by atoms with Crippen LogP contribution < -0.4 is 10.1 Å². The molecule has 3 heterocycles. The van der Waals surface area contributed by atoms with Crippen molar-refractivity contribution in [2.75, 3.05) is 25.1 Å². The summed E-state index contributed by atoms with van der Waals surface area (Å²) in [6.45, 7) is 5.92. The summed E-state index contributed by atoms with van der Waals surface area (Å²) in [4.78, 5) is 13.1. The molecular formula is C22H21N5O2. The molecule has 0 amide bonds. The van der Waals surface area contributed by atoms with Crippen LogP contribution in [0.2, 0.25) is 0 Å². The standard InChI is InChI=1S/C22H21N5O2/c1-15-3-5-18(11-25-15)26-21-24-8-7-19(27-21)16-4-6-20(17(9-16)10-23)29-14-22(2)12-28-13-22/h3-9,11H,12-14H2,1-2H3,(H,24,26,27). The van der Waals surface area contributed by atoms with Crippen LogP contribution in [-0.4, -0.2) is 34.8 Å². The fourth-order valence-corrected chi connectivity index (χ4v) is 2.94. The molecule has 1 saturated heterocycles. The Labute approximate surface area is 169 Å². The number of nitriles is 1. The smallest absolute Gasteiger partial charge is 0.227 e. The monoisotopic (exact) mass is 387 g/mol. The maximum Gasteiger partial charge on any atom is 0.227 e. The van der Waals surface area contributed by atoms with Gasteiger partial charge in [-0.15, -0.1) is 0 Å². The summed E-state index contributed by atoms with van der Waals surface area (Å²) in [5.74, 6) is 1.03. The normalized spacial score (nSPS) is 14.5. The van der Waals surface area contributed by atoms with E-state index in [1.165, 1.54) is 0 Å². The number of aryl methyl sites for hydroxylation is 1. The highest BCUT2D eigenvalue weighted by molar-refractivity contribution is 5.65. The molecular weight excluding hydrogens is 366 g/mol. The van der Waals surface area contributed by atoms with Crippen molar-refractivity contribution >= 4 is 11.6 Å². The van der Waals surface area contributed by atoms with Crippen molar-refractivity contribution in [3.8, 4) is 23.1 Å². The highest BCUT2D eigenvalue weighted by atomic mass is 16.5. The van der Waals surface area contributed by atoms with Gasteiger partial charge in [-0.3, -0.25) is 4.98 Å². The van der Waals surface area contributed by atoms with Crippen molar-refractivity contribution in [1.29, 1.82) is 5.26 Å². The second kappa shape index (κ2) is 7.86. The summed E-state index contributed by atoms with van der Waals surface area (Å²) >= 11 is 0. The van der Waals surface area contributed by atoms with Gasteiger partial charge >= 0.3 is 0 Å². The number of aromatic nitrogens is 3. The lowest BCUT2D eigenvalue weighted by atomic mass is 9.90. The predicted octanol–water partition coefficient (Wildman–Crippen LogP) is 3.88. The zero-order valence-electron chi connectivity index (χ0n) is 16.3. The topological polar surface area (TPSA) is 93.0 Å². The molecule has 0 spiro atoms. The Morgan fingerprint density at radius 2 is 2.07 bits per heavy atom. The molecule has 7 heteroatoms. The molecule has 7 nitrogen and oxygen atoms in total. The summed E-state index contributed by atoms with van der Waals surface area (Å²) in [5.41, 5.74) is 3.77. The van der Waals surface area contributed by atoms with E-state index in [2.05, 4.69) is 33.3 Å². The average molecular weight is 387 g/mol. The zero-order chi connectivity index (χ0) is 20.3. The summed E-state index contributed by atoms with van der Waals surface area (Å²) in [6.07, 6.45) is 3.42. The van der Waals surface area contributed by atoms with Gasteiger partial charge in [-0.2, -0.15) is 5.26 Å². The molecule has 1 aromatic carbocycles. The van der Waals surface area contributed by atoms with Crippen molar-refractivity contribution in [3.05, 3.63) is 60.0 Å². The van der Waals surface area contributed by atoms with Crippen LogP contribution in [-0.2, 0) is 4.74 Å².